The minimum Gasteiger partial charge on any atom is -0.346 e. The van der Waals surface area contributed by atoms with Crippen molar-refractivity contribution >= 4 is 34.0 Å². The molecule has 6 heterocycles. The van der Waals surface area contributed by atoms with Crippen molar-refractivity contribution in [1.82, 2.24) is 30.0 Å². The zero-order valence-electron chi connectivity index (χ0n) is 20.2. The Labute approximate surface area is 209 Å². The monoisotopic (exact) mass is 488 g/mol. The minimum absolute atomic E-state index is 0.110. The van der Waals surface area contributed by atoms with Gasteiger partial charge >= 0.3 is 6.03 Å². The number of piperazine rings is 1. The van der Waals surface area contributed by atoms with E-state index >= 15 is 0 Å². The normalized spacial score (nSPS) is 27.2. The van der Waals surface area contributed by atoms with Gasteiger partial charge in [-0.1, -0.05) is 6.08 Å². The Bertz CT molecular complexity index is 1300. The third-order valence-electron chi connectivity index (χ3n) is 8.49. The van der Waals surface area contributed by atoms with Gasteiger partial charge in [-0.2, -0.15) is 0 Å². The lowest BCUT2D eigenvalue weighted by molar-refractivity contribution is 0.0661. The third-order valence-corrected chi connectivity index (χ3v) is 9.61. The maximum Gasteiger partial charge on any atom is 0.318 e. The number of nitrogens with zero attached hydrogens (tertiary/aromatic N) is 4. The Balaban J connectivity index is 1.16. The molecule has 0 spiro atoms. The first-order valence-corrected chi connectivity index (χ1v) is 13.7. The highest BCUT2D eigenvalue weighted by molar-refractivity contribution is 7.15. The van der Waals surface area contributed by atoms with Gasteiger partial charge in [-0.05, 0) is 50.1 Å². The predicted molar refractivity (Wildman–Crippen MR) is 140 cm³/mol. The summed E-state index contributed by atoms with van der Waals surface area (Å²) in [4.78, 5) is 30.4. The number of nitrogens with one attached hydrogen (secondary N) is 2. The van der Waals surface area contributed by atoms with Gasteiger partial charge in [0.25, 0.3) is 0 Å². The molecule has 8 heteroatoms. The molecule has 7 rings (SSSR count). The fourth-order valence-corrected chi connectivity index (χ4v) is 7.22. The lowest BCUT2D eigenvalue weighted by atomic mass is 9.71. The molecule has 7 nitrogen and oxygen atoms in total. The molecule has 182 valence electrons. The van der Waals surface area contributed by atoms with Gasteiger partial charge in [0.15, 0.2) is 0 Å². The summed E-state index contributed by atoms with van der Waals surface area (Å²) in [5.74, 6) is 0.548. The molecule has 2 N–H and O–H groups in total. The number of fused-ring (bicyclic) bond motifs is 4. The highest BCUT2D eigenvalue weighted by Crippen LogP contribution is 2.42. The van der Waals surface area contributed by atoms with E-state index in [1.807, 2.05) is 22.4 Å². The first-order valence-electron chi connectivity index (χ1n) is 12.9. The standard InChI is InChI=1S/C27H32N6OS/c1-31-8-10-32(11-9-31)16-19-2-5-25(35-19)18-12-21-22(15-29-26(21)28-14-18)17-6-7-33-24(13-17)20-3-4-23(20)30-27(33)34/h2,5,12-15,20,23-24H,3-4,6-11,16H2,1H3,(H,28,29)(H,30,34). The lowest BCUT2D eigenvalue weighted by Crippen LogP contribution is -2.66. The molecule has 1 saturated carbocycles. The van der Waals surface area contributed by atoms with Crippen LogP contribution < -0.4 is 5.32 Å². The number of hydrogen-bond acceptors (Lipinski definition) is 5. The number of thiophene rings is 1. The molecule has 4 aliphatic rings. The van der Waals surface area contributed by atoms with E-state index < -0.39 is 0 Å². The second-order valence-electron chi connectivity index (χ2n) is 10.6. The Morgan fingerprint density at radius 3 is 2.86 bits per heavy atom. The van der Waals surface area contributed by atoms with Crippen LogP contribution in [0.5, 0.6) is 0 Å². The number of urea groups is 1. The topological polar surface area (TPSA) is 67.5 Å². The van der Waals surface area contributed by atoms with E-state index in [1.165, 1.54) is 38.3 Å². The zero-order valence-corrected chi connectivity index (χ0v) is 21.0. The predicted octanol–water partition coefficient (Wildman–Crippen LogP) is 4.00. The van der Waals surface area contributed by atoms with E-state index in [0.717, 1.165) is 57.8 Å². The molecule has 2 amide bonds. The van der Waals surface area contributed by atoms with Crippen molar-refractivity contribution in [2.75, 3.05) is 39.8 Å². The van der Waals surface area contributed by atoms with Crippen LogP contribution in [0.4, 0.5) is 4.79 Å². The first-order chi connectivity index (χ1) is 17.1. The summed E-state index contributed by atoms with van der Waals surface area (Å²) in [6, 6.07) is 7.52. The third kappa shape index (κ3) is 3.79. The molecule has 3 unspecified atom stereocenters. The number of amides is 2. The highest BCUT2D eigenvalue weighted by atomic mass is 32.1. The maximum absolute atomic E-state index is 12.5. The molecule has 2 saturated heterocycles. The molecule has 0 aromatic carbocycles. The Morgan fingerprint density at radius 1 is 1.14 bits per heavy atom. The molecular weight excluding hydrogens is 456 g/mol. The van der Waals surface area contributed by atoms with Crippen LogP contribution in [-0.2, 0) is 6.54 Å². The highest BCUT2D eigenvalue weighted by Gasteiger charge is 2.46. The summed E-state index contributed by atoms with van der Waals surface area (Å²) in [7, 11) is 2.20. The zero-order chi connectivity index (χ0) is 23.5. The number of likely N-dealkylation sites (N-methyl/N-ethyl adjacent to an activating group) is 1. The number of hydrogen-bond donors (Lipinski definition) is 2. The quantitative estimate of drug-likeness (QED) is 0.583. The lowest BCUT2D eigenvalue weighted by Gasteiger charge is -2.52. The number of H-pyrrole nitrogens is 1. The Hall–Kier alpha value is -2.68. The fraction of sp³-hybridized carbons (Fsp3) is 0.481. The first kappa shape index (κ1) is 21.6. The van der Waals surface area contributed by atoms with Crippen LogP contribution >= 0.6 is 11.3 Å². The van der Waals surface area contributed by atoms with E-state index in [4.69, 9.17) is 4.98 Å². The van der Waals surface area contributed by atoms with Crippen molar-refractivity contribution in [2.24, 2.45) is 5.92 Å². The van der Waals surface area contributed by atoms with Crippen molar-refractivity contribution in [2.45, 2.75) is 37.9 Å². The molecule has 3 atom stereocenters. The van der Waals surface area contributed by atoms with Crippen molar-refractivity contribution in [3.8, 4) is 10.4 Å². The Kier molecular flexibility index (Phi) is 5.22. The van der Waals surface area contributed by atoms with Gasteiger partial charge in [0.05, 0.1) is 6.04 Å². The van der Waals surface area contributed by atoms with Crippen LogP contribution in [-0.4, -0.2) is 82.6 Å². The number of rotatable bonds is 4. The number of pyridine rings is 1. The molecule has 3 fully saturated rings. The summed E-state index contributed by atoms with van der Waals surface area (Å²) in [6.45, 7) is 6.39. The summed E-state index contributed by atoms with van der Waals surface area (Å²) >= 11 is 1.89. The molecule has 0 bridgehead atoms. The molecule has 3 aromatic heterocycles. The van der Waals surface area contributed by atoms with Crippen LogP contribution in [0.2, 0.25) is 0 Å². The van der Waals surface area contributed by atoms with Crippen LogP contribution in [0.15, 0.2) is 36.7 Å². The minimum atomic E-state index is 0.110. The van der Waals surface area contributed by atoms with E-state index in [2.05, 4.69) is 57.6 Å². The summed E-state index contributed by atoms with van der Waals surface area (Å²) in [5, 5.41) is 4.37. The fourth-order valence-electron chi connectivity index (χ4n) is 6.19. The van der Waals surface area contributed by atoms with Crippen molar-refractivity contribution < 1.29 is 4.79 Å². The number of aromatic nitrogens is 2. The number of carbonyl (C=O) groups is 1. The van der Waals surface area contributed by atoms with E-state index in [1.54, 1.807) is 0 Å². The summed E-state index contributed by atoms with van der Waals surface area (Å²) in [5.41, 5.74) is 4.70. The molecular formula is C27H32N6OS. The molecule has 3 aliphatic heterocycles. The second-order valence-corrected chi connectivity index (χ2v) is 11.8. The van der Waals surface area contributed by atoms with Gasteiger partial charge in [-0.25, -0.2) is 9.78 Å². The van der Waals surface area contributed by atoms with Crippen LogP contribution in [0.3, 0.4) is 0 Å². The smallest absolute Gasteiger partial charge is 0.318 e. The van der Waals surface area contributed by atoms with Gasteiger partial charge in [-0.15, -0.1) is 11.3 Å². The molecule has 0 radical (unpaired) electrons. The average Bonchev–Trinajstić information content (AvgIpc) is 3.49. The summed E-state index contributed by atoms with van der Waals surface area (Å²) in [6.07, 6.45) is 9.67. The number of carbonyl (C=O) groups excluding carboxylic acids is 1. The van der Waals surface area contributed by atoms with Crippen LogP contribution in [0.1, 0.15) is 29.7 Å². The molecule has 35 heavy (non-hydrogen) atoms. The van der Waals surface area contributed by atoms with Gasteiger partial charge in [0.1, 0.15) is 5.65 Å². The van der Waals surface area contributed by atoms with Crippen molar-refractivity contribution in [3.05, 3.63) is 47.1 Å². The van der Waals surface area contributed by atoms with Gasteiger partial charge in [-0.3, -0.25) is 4.90 Å². The van der Waals surface area contributed by atoms with E-state index in [0.29, 0.717) is 12.0 Å². The molecule has 3 aromatic rings. The van der Waals surface area contributed by atoms with Gasteiger partial charge in [0, 0.05) is 89.9 Å². The van der Waals surface area contributed by atoms with Crippen LogP contribution in [0, 0.1) is 5.92 Å². The van der Waals surface area contributed by atoms with Gasteiger partial charge in [0.2, 0.25) is 0 Å². The SMILES string of the molecule is CN1CCN(Cc2ccc(-c3cnc4[nH]cc(C5=CC6C7CCC7NC(=O)N6CC5)c4c3)s2)CC1. The summed E-state index contributed by atoms with van der Waals surface area (Å²) < 4.78 is 0. The Morgan fingerprint density at radius 2 is 2.03 bits per heavy atom. The van der Waals surface area contributed by atoms with Crippen molar-refractivity contribution in [1.29, 1.82) is 0 Å². The second kappa shape index (κ2) is 8.47. The van der Waals surface area contributed by atoms with E-state index in [9.17, 15) is 4.79 Å². The largest absolute Gasteiger partial charge is 0.346 e. The molecule has 1 aliphatic carbocycles. The van der Waals surface area contributed by atoms with Crippen molar-refractivity contribution in [3.63, 3.8) is 0 Å². The maximum atomic E-state index is 12.5. The number of aromatic amines is 1. The van der Waals surface area contributed by atoms with Crippen LogP contribution in [0.25, 0.3) is 27.0 Å². The average molecular weight is 489 g/mol. The van der Waals surface area contributed by atoms with E-state index in [-0.39, 0.29) is 12.1 Å². The van der Waals surface area contributed by atoms with Gasteiger partial charge < -0.3 is 20.1 Å².